The zero-order valence-electron chi connectivity index (χ0n) is 18.4. The van der Waals surface area contributed by atoms with Gasteiger partial charge in [-0.3, -0.25) is 14.6 Å². The number of nitriles is 1. The zero-order chi connectivity index (χ0) is 23.4. The minimum atomic E-state index is -0.834. The van der Waals surface area contributed by atoms with Gasteiger partial charge in [0.15, 0.2) is 6.10 Å². The molecule has 2 aromatic carbocycles. The molecule has 0 saturated carbocycles. The highest BCUT2D eigenvalue weighted by Gasteiger charge is 2.29. The number of hydrogen-bond acceptors (Lipinski definition) is 5. The molecular formula is C26H25N3O4. The second-order valence-electron chi connectivity index (χ2n) is 8.35. The number of carboxylic acid groups (broad SMARTS) is 1. The quantitative estimate of drug-likeness (QED) is 0.611. The van der Waals surface area contributed by atoms with E-state index in [9.17, 15) is 14.9 Å². The SMILES string of the molecule is CC(Oc1ccc2c(-c3ccccc3C#N)ccnc2c1)C(=O)N1CCC[C@H](CC(=O)O)C1. The molecule has 2 heterocycles. The maximum absolute atomic E-state index is 12.9. The molecule has 4 rings (SSSR count). The van der Waals surface area contributed by atoms with Crippen molar-refractivity contribution in [3.05, 3.63) is 60.3 Å². The number of amides is 1. The van der Waals surface area contributed by atoms with Crippen molar-refractivity contribution in [3.63, 3.8) is 0 Å². The number of benzene rings is 2. The molecule has 0 radical (unpaired) electrons. The van der Waals surface area contributed by atoms with Crippen molar-refractivity contribution < 1.29 is 19.4 Å². The average Bonchev–Trinajstić information content (AvgIpc) is 2.82. The van der Waals surface area contributed by atoms with Gasteiger partial charge in [0.1, 0.15) is 5.75 Å². The monoisotopic (exact) mass is 443 g/mol. The Morgan fingerprint density at radius 1 is 1.24 bits per heavy atom. The number of likely N-dealkylation sites (tertiary alicyclic amines) is 1. The molecule has 2 atom stereocenters. The van der Waals surface area contributed by atoms with Crippen LogP contribution in [0.15, 0.2) is 54.7 Å². The molecule has 1 aliphatic rings. The average molecular weight is 444 g/mol. The largest absolute Gasteiger partial charge is 0.481 e. The van der Waals surface area contributed by atoms with E-state index < -0.39 is 12.1 Å². The first-order valence-electron chi connectivity index (χ1n) is 11.0. The van der Waals surface area contributed by atoms with Crippen molar-refractivity contribution in [1.29, 1.82) is 5.26 Å². The van der Waals surface area contributed by atoms with Crippen molar-refractivity contribution in [1.82, 2.24) is 9.88 Å². The predicted molar refractivity (Wildman–Crippen MR) is 124 cm³/mol. The lowest BCUT2D eigenvalue weighted by Gasteiger charge is -2.33. The standard InChI is InChI=1S/C26H25N3O4/c1-17(26(32)29-12-4-5-18(16-29)13-25(30)31)33-20-8-9-23-22(10-11-28-24(23)14-20)21-7-3-2-6-19(21)15-27/h2-3,6-11,14,17-18H,4-5,12-13,16H2,1H3,(H,30,31)/t17?,18-/m1/s1. The molecule has 3 aromatic rings. The summed E-state index contributed by atoms with van der Waals surface area (Å²) in [4.78, 5) is 30.1. The Hall–Kier alpha value is -3.92. The van der Waals surface area contributed by atoms with Gasteiger partial charge in [0.25, 0.3) is 5.91 Å². The van der Waals surface area contributed by atoms with E-state index in [0.717, 1.165) is 29.4 Å². The highest BCUT2D eigenvalue weighted by Crippen LogP contribution is 2.32. The maximum Gasteiger partial charge on any atom is 0.303 e. The molecule has 1 unspecified atom stereocenters. The van der Waals surface area contributed by atoms with Crippen LogP contribution in [0.4, 0.5) is 0 Å². The van der Waals surface area contributed by atoms with Crippen molar-refractivity contribution in [2.24, 2.45) is 5.92 Å². The number of nitrogens with zero attached hydrogens (tertiary/aromatic N) is 3. The smallest absolute Gasteiger partial charge is 0.303 e. The fraction of sp³-hybridized carbons (Fsp3) is 0.308. The Bertz CT molecular complexity index is 1230. The normalized spacial score (nSPS) is 16.7. The molecule has 0 bridgehead atoms. The van der Waals surface area contributed by atoms with Crippen LogP contribution < -0.4 is 4.74 Å². The summed E-state index contributed by atoms with van der Waals surface area (Å²) in [6, 6.07) is 17.0. The van der Waals surface area contributed by atoms with E-state index in [1.54, 1.807) is 36.2 Å². The number of rotatable bonds is 6. The van der Waals surface area contributed by atoms with Gasteiger partial charge in [0.2, 0.25) is 0 Å². The number of carbonyl (C=O) groups excluding carboxylic acids is 1. The molecule has 33 heavy (non-hydrogen) atoms. The van der Waals surface area contributed by atoms with E-state index in [4.69, 9.17) is 9.84 Å². The fourth-order valence-corrected chi connectivity index (χ4v) is 4.44. The topological polar surface area (TPSA) is 104 Å². The molecule has 0 aliphatic carbocycles. The number of pyridine rings is 1. The van der Waals surface area contributed by atoms with Gasteiger partial charge in [0, 0.05) is 42.7 Å². The molecule has 0 spiro atoms. The van der Waals surface area contributed by atoms with Gasteiger partial charge >= 0.3 is 5.97 Å². The summed E-state index contributed by atoms with van der Waals surface area (Å²) < 4.78 is 5.94. The van der Waals surface area contributed by atoms with Crippen LogP contribution in [-0.4, -0.2) is 46.1 Å². The Morgan fingerprint density at radius 2 is 2.06 bits per heavy atom. The summed E-state index contributed by atoms with van der Waals surface area (Å²) in [5.74, 6) is -0.471. The number of carboxylic acids is 1. The first-order chi connectivity index (χ1) is 16.0. The maximum atomic E-state index is 12.9. The molecule has 1 aromatic heterocycles. The summed E-state index contributed by atoms with van der Waals surface area (Å²) in [7, 11) is 0. The third-order valence-corrected chi connectivity index (χ3v) is 6.01. The van der Waals surface area contributed by atoms with Crippen LogP contribution in [0.2, 0.25) is 0 Å². The Balaban J connectivity index is 1.52. The Kier molecular flexibility index (Phi) is 6.55. The van der Waals surface area contributed by atoms with Gasteiger partial charge in [-0.15, -0.1) is 0 Å². The number of carbonyl (C=O) groups is 2. The minimum Gasteiger partial charge on any atom is -0.481 e. The van der Waals surface area contributed by atoms with Crippen LogP contribution in [0.5, 0.6) is 5.75 Å². The summed E-state index contributed by atoms with van der Waals surface area (Å²) in [5.41, 5.74) is 3.04. The number of fused-ring (bicyclic) bond motifs is 1. The van der Waals surface area contributed by atoms with Gasteiger partial charge < -0.3 is 14.7 Å². The summed E-state index contributed by atoms with van der Waals surface area (Å²) in [6.07, 6.45) is 2.68. The first kappa shape index (κ1) is 22.3. The minimum absolute atomic E-state index is 0.0213. The van der Waals surface area contributed by atoms with Crippen LogP contribution in [0.25, 0.3) is 22.0 Å². The van der Waals surface area contributed by atoms with Crippen molar-refractivity contribution in [3.8, 4) is 22.9 Å². The second kappa shape index (κ2) is 9.70. The number of hydrogen-bond donors (Lipinski definition) is 1. The number of aromatic nitrogens is 1. The van der Waals surface area contributed by atoms with Gasteiger partial charge in [-0.2, -0.15) is 5.26 Å². The van der Waals surface area contributed by atoms with Crippen LogP contribution in [-0.2, 0) is 9.59 Å². The van der Waals surface area contributed by atoms with E-state index >= 15 is 0 Å². The molecule has 7 heteroatoms. The molecule has 1 N–H and O–H groups in total. The van der Waals surface area contributed by atoms with Gasteiger partial charge in [-0.25, -0.2) is 0 Å². The summed E-state index contributed by atoms with van der Waals surface area (Å²) in [6.45, 7) is 2.77. The van der Waals surface area contributed by atoms with E-state index in [-0.39, 0.29) is 18.2 Å². The van der Waals surface area contributed by atoms with Crippen LogP contribution >= 0.6 is 0 Å². The van der Waals surface area contributed by atoms with E-state index in [1.807, 2.05) is 30.3 Å². The second-order valence-corrected chi connectivity index (χ2v) is 8.35. The molecule has 1 saturated heterocycles. The first-order valence-corrected chi connectivity index (χ1v) is 11.0. The third-order valence-electron chi connectivity index (χ3n) is 6.01. The molecule has 1 fully saturated rings. The Labute approximate surface area is 192 Å². The highest BCUT2D eigenvalue weighted by atomic mass is 16.5. The predicted octanol–water partition coefficient (Wildman–Crippen LogP) is 4.25. The lowest BCUT2D eigenvalue weighted by atomic mass is 9.94. The molecule has 7 nitrogen and oxygen atoms in total. The van der Waals surface area contributed by atoms with E-state index in [0.29, 0.717) is 29.9 Å². The van der Waals surface area contributed by atoms with E-state index in [2.05, 4.69) is 11.1 Å². The summed E-state index contributed by atoms with van der Waals surface area (Å²) >= 11 is 0. The highest BCUT2D eigenvalue weighted by molar-refractivity contribution is 5.96. The third kappa shape index (κ3) is 4.96. The lowest BCUT2D eigenvalue weighted by Crippen LogP contribution is -2.46. The van der Waals surface area contributed by atoms with Crippen molar-refractivity contribution in [2.75, 3.05) is 13.1 Å². The van der Waals surface area contributed by atoms with Crippen molar-refractivity contribution >= 4 is 22.8 Å². The number of piperidine rings is 1. The number of ether oxygens (including phenoxy) is 1. The molecular weight excluding hydrogens is 418 g/mol. The van der Waals surface area contributed by atoms with E-state index in [1.165, 1.54) is 0 Å². The Morgan fingerprint density at radius 3 is 2.85 bits per heavy atom. The fourth-order valence-electron chi connectivity index (χ4n) is 4.44. The van der Waals surface area contributed by atoms with Crippen LogP contribution in [0.3, 0.4) is 0 Å². The zero-order valence-corrected chi connectivity index (χ0v) is 18.4. The number of aliphatic carboxylic acids is 1. The molecule has 1 aliphatic heterocycles. The summed E-state index contributed by atoms with van der Waals surface area (Å²) in [5, 5.41) is 19.4. The van der Waals surface area contributed by atoms with Crippen LogP contribution in [0.1, 0.15) is 31.7 Å². The van der Waals surface area contributed by atoms with Gasteiger partial charge in [-0.1, -0.05) is 18.2 Å². The molecule has 168 valence electrons. The van der Waals surface area contributed by atoms with Gasteiger partial charge in [-0.05, 0) is 55.5 Å². The lowest BCUT2D eigenvalue weighted by molar-refractivity contribution is -0.143. The molecule has 1 amide bonds. The van der Waals surface area contributed by atoms with Gasteiger partial charge in [0.05, 0.1) is 17.1 Å². The van der Waals surface area contributed by atoms with Crippen molar-refractivity contribution in [2.45, 2.75) is 32.3 Å². The van der Waals surface area contributed by atoms with Crippen LogP contribution in [0, 0.1) is 17.2 Å².